The van der Waals surface area contributed by atoms with Gasteiger partial charge in [0.25, 0.3) is 0 Å². The molecular weight excluding hydrogens is 677 g/mol. The molecule has 0 spiro atoms. The molecule has 282 valence electrons. The van der Waals surface area contributed by atoms with E-state index >= 15 is 0 Å². The number of nitrogens with zero attached hydrogens (tertiary/aromatic N) is 3. The molecule has 2 heterocycles. The van der Waals surface area contributed by atoms with Crippen LogP contribution in [-0.2, 0) is 33.8 Å². The van der Waals surface area contributed by atoms with Crippen LogP contribution in [0.4, 0.5) is 0 Å². The van der Waals surface area contributed by atoms with Gasteiger partial charge in [-0.3, -0.25) is 19.5 Å². The average Bonchev–Trinajstić information content (AvgIpc) is 3.21. The second-order valence-electron chi connectivity index (χ2n) is 14.1. The summed E-state index contributed by atoms with van der Waals surface area (Å²) in [7, 11) is 0. The SMILES string of the molecule is O=C(NC(CCCc1ccccc1)CCCc1ccccc1)C1CN(C[C@H](O)COc2cccc3ncccc23)CCN1C(=O)COCc1ccccc1. The predicted octanol–water partition coefficient (Wildman–Crippen LogP) is 6.23. The molecule has 1 fully saturated rings. The van der Waals surface area contributed by atoms with Crippen molar-refractivity contribution < 1.29 is 24.2 Å². The van der Waals surface area contributed by atoms with Crippen LogP contribution >= 0.6 is 0 Å². The van der Waals surface area contributed by atoms with Gasteiger partial charge >= 0.3 is 0 Å². The number of nitrogens with one attached hydrogen (secondary N) is 1. The first-order valence-electron chi connectivity index (χ1n) is 19.2. The fourth-order valence-corrected chi connectivity index (χ4v) is 7.16. The zero-order valence-corrected chi connectivity index (χ0v) is 31.0. The van der Waals surface area contributed by atoms with Crippen LogP contribution in [0.1, 0.15) is 42.4 Å². The van der Waals surface area contributed by atoms with E-state index in [0.29, 0.717) is 38.5 Å². The number of carbonyl (C=O) groups is 2. The molecule has 1 saturated heterocycles. The van der Waals surface area contributed by atoms with E-state index in [1.54, 1.807) is 11.1 Å². The molecule has 6 rings (SSSR count). The Morgan fingerprint density at radius 1 is 0.778 bits per heavy atom. The molecule has 0 saturated carbocycles. The highest BCUT2D eigenvalue weighted by Gasteiger charge is 2.36. The number of ether oxygens (including phenoxy) is 2. The van der Waals surface area contributed by atoms with Gasteiger partial charge in [0.05, 0.1) is 12.1 Å². The summed E-state index contributed by atoms with van der Waals surface area (Å²) in [6.07, 6.45) is 6.34. The number of aryl methyl sites for hydroxylation is 2. The first-order chi connectivity index (χ1) is 26.5. The quantitative estimate of drug-likeness (QED) is 0.104. The van der Waals surface area contributed by atoms with Gasteiger partial charge in [0.2, 0.25) is 11.8 Å². The Morgan fingerprint density at radius 3 is 2.09 bits per heavy atom. The third-order valence-electron chi connectivity index (χ3n) is 10.00. The second-order valence-corrected chi connectivity index (χ2v) is 14.1. The molecule has 2 atom stereocenters. The van der Waals surface area contributed by atoms with Crippen molar-refractivity contribution in [3.05, 3.63) is 144 Å². The normalized spacial score (nSPS) is 15.3. The molecule has 1 aliphatic heterocycles. The monoisotopic (exact) mass is 728 g/mol. The molecular formula is C45H52N4O5. The fraction of sp³-hybridized carbons (Fsp3) is 0.356. The third-order valence-corrected chi connectivity index (χ3v) is 10.00. The number of aliphatic hydroxyl groups excluding tert-OH is 1. The Labute approximate surface area is 318 Å². The van der Waals surface area contributed by atoms with E-state index in [1.165, 1.54) is 11.1 Å². The summed E-state index contributed by atoms with van der Waals surface area (Å²) < 4.78 is 11.9. The number of rotatable bonds is 19. The van der Waals surface area contributed by atoms with Gasteiger partial charge in [-0.2, -0.15) is 0 Å². The average molecular weight is 729 g/mol. The minimum absolute atomic E-state index is 0.0410. The molecule has 2 amide bonds. The van der Waals surface area contributed by atoms with E-state index < -0.39 is 12.1 Å². The molecule has 54 heavy (non-hydrogen) atoms. The van der Waals surface area contributed by atoms with Gasteiger partial charge in [0, 0.05) is 43.8 Å². The third kappa shape index (κ3) is 11.7. The lowest BCUT2D eigenvalue weighted by atomic mass is 9.98. The summed E-state index contributed by atoms with van der Waals surface area (Å²) in [5.74, 6) is 0.270. The number of hydrogen-bond acceptors (Lipinski definition) is 7. The Hall–Kier alpha value is -5.09. The van der Waals surface area contributed by atoms with Crippen LogP contribution in [0.2, 0.25) is 0 Å². The van der Waals surface area contributed by atoms with E-state index in [0.717, 1.165) is 55.0 Å². The van der Waals surface area contributed by atoms with E-state index in [4.69, 9.17) is 9.47 Å². The number of fused-ring (bicyclic) bond motifs is 1. The van der Waals surface area contributed by atoms with Crippen LogP contribution in [0.15, 0.2) is 128 Å². The van der Waals surface area contributed by atoms with E-state index in [-0.39, 0.29) is 31.1 Å². The smallest absolute Gasteiger partial charge is 0.249 e. The van der Waals surface area contributed by atoms with Crippen molar-refractivity contribution in [2.24, 2.45) is 0 Å². The summed E-state index contributed by atoms with van der Waals surface area (Å²) in [5, 5.41) is 15.4. The van der Waals surface area contributed by atoms with Crippen molar-refractivity contribution in [1.29, 1.82) is 0 Å². The number of amides is 2. The van der Waals surface area contributed by atoms with Crippen LogP contribution in [0, 0.1) is 0 Å². The van der Waals surface area contributed by atoms with E-state index in [1.807, 2.05) is 72.8 Å². The fourth-order valence-electron chi connectivity index (χ4n) is 7.16. The van der Waals surface area contributed by atoms with Crippen LogP contribution in [-0.4, -0.2) is 89.3 Å². The summed E-state index contributed by atoms with van der Waals surface area (Å²) in [4.78, 5) is 36.1. The molecule has 5 aromatic rings. The summed E-state index contributed by atoms with van der Waals surface area (Å²) >= 11 is 0. The Bertz CT molecular complexity index is 1830. The van der Waals surface area contributed by atoms with Crippen molar-refractivity contribution in [2.45, 2.75) is 63.3 Å². The van der Waals surface area contributed by atoms with Crippen molar-refractivity contribution in [3.8, 4) is 5.75 Å². The van der Waals surface area contributed by atoms with Crippen molar-refractivity contribution in [1.82, 2.24) is 20.1 Å². The highest BCUT2D eigenvalue weighted by Crippen LogP contribution is 2.24. The van der Waals surface area contributed by atoms with Gasteiger partial charge in [0.15, 0.2) is 0 Å². The minimum atomic E-state index is -0.805. The first-order valence-corrected chi connectivity index (χ1v) is 19.2. The lowest BCUT2D eigenvalue weighted by Gasteiger charge is -2.41. The molecule has 1 unspecified atom stereocenters. The zero-order valence-electron chi connectivity index (χ0n) is 31.0. The molecule has 0 radical (unpaired) electrons. The topological polar surface area (TPSA) is 104 Å². The number of piperazine rings is 1. The molecule has 9 heteroatoms. The predicted molar refractivity (Wildman–Crippen MR) is 212 cm³/mol. The minimum Gasteiger partial charge on any atom is -0.490 e. The molecule has 9 nitrogen and oxygen atoms in total. The van der Waals surface area contributed by atoms with E-state index in [9.17, 15) is 14.7 Å². The number of aliphatic hydroxyl groups is 1. The van der Waals surface area contributed by atoms with Crippen molar-refractivity contribution in [3.63, 3.8) is 0 Å². The zero-order chi connectivity index (χ0) is 37.4. The van der Waals surface area contributed by atoms with Crippen LogP contribution in [0.25, 0.3) is 10.9 Å². The number of aromatic nitrogens is 1. The van der Waals surface area contributed by atoms with Gasteiger partial charge < -0.3 is 24.8 Å². The lowest BCUT2D eigenvalue weighted by molar-refractivity contribution is -0.148. The summed E-state index contributed by atoms with van der Waals surface area (Å²) in [6, 6.07) is 39.3. The maximum absolute atomic E-state index is 14.3. The maximum Gasteiger partial charge on any atom is 0.249 e. The Kier molecular flexibility index (Phi) is 14.6. The van der Waals surface area contributed by atoms with Crippen LogP contribution in [0.3, 0.4) is 0 Å². The van der Waals surface area contributed by atoms with Crippen LogP contribution < -0.4 is 10.1 Å². The van der Waals surface area contributed by atoms with Gasteiger partial charge in [-0.25, -0.2) is 0 Å². The van der Waals surface area contributed by atoms with Gasteiger partial charge in [-0.1, -0.05) is 97.1 Å². The number of benzene rings is 4. The van der Waals surface area contributed by atoms with Crippen molar-refractivity contribution >= 4 is 22.7 Å². The molecule has 2 N–H and O–H groups in total. The number of pyridine rings is 1. The van der Waals surface area contributed by atoms with Crippen LogP contribution in [0.5, 0.6) is 5.75 Å². The second kappa shape index (κ2) is 20.4. The highest BCUT2D eigenvalue weighted by molar-refractivity contribution is 5.89. The number of carbonyl (C=O) groups excluding carboxylic acids is 2. The standard InChI is InChI=1S/C45H52N4O5/c50-39(33-54-43-26-12-25-41-40(43)24-13-27-46-41)30-48-28-29-49(44(51)34-53-32-37-18-8-3-9-19-37)42(31-48)45(52)47-38(22-10-20-35-14-4-1-5-15-35)23-11-21-36-16-6-2-7-17-36/h1-9,12-19,24-27,38-39,42,50H,10-11,20-23,28-34H2,(H,47,52)/t39-,42?/m0/s1. The molecule has 1 aliphatic rings. The maximum atomic E-state index is 14.3. The molecule has 0 aliphatic carbocycles. The largest absolute Gasteiger partial charge is 0.490 e. The van der Waals surface area contributed by atoms with Gasteiger partial charge in [-0.15, -0.1) is 0 Å². The number of β-amino-alcohol motifs (C(OH)–C–C–N with tert-alkyl or cyclic N) is 1. The first kappa shape index (κ1) is 38.6. The van der Waals surface area contributed by atoms with Gasteiger partial charge in [-0.05, 0) is 79.5 Å². The molecule has 0 bridgehead atoms. The number of hydrogen-bond donors (Lipinski definition) is 2. The van der Waals surface area contributed by atoms with E-state index in [2.05, 4.69) is 63.7 Å². The molecule has 4 aromatic carbocycles. The molecule has 1 aromatic heterocycles. The lowest BCUT2D eigenvalue weighted by Crippen LogP contribution is -2.62. The van der Waals surface area contributed by atoms with Gasteiger partial charge in [0.1, 0.15) is 31.1 Å². The summed E-state index contributed by atoms with van der Waals surface area (Å²) in [5.41, 5.74) is 4.36. The van der Waals surface area contributed by atoms with Crippen molar-refractivity contribution in [2.75, 3.05) is 39.4 Å². The summed E-state index contributed by atoms with van der Waals surface area (Å²) in [6.45, 7) is 1.74. The highest BCUT2D eigenvalue weighted by atomic mass is 16.5. The Balaban J connectivity index is 1.10. The Morgan fingerprint density at radius 2 is 1.43 bits per heavy atom.